The minimum absolute atomic E-state index is 0.0150. The van der Waals surface area contributed by atoms with Gasteiger partial charge >= 0.3 is 0 Å². The van der Waals surface area contributed by atoms with Gasteiger partial charge < -0.3 is 14.1 Å². The zero-order valence-electron chi connectivity index (χ0n) is 15.1. The number of aryl methyl sites for hydroxylation is 1. The Labute approximate surface area is 161 Å². The van der Waals surface area contributed by atoms with Gasteiger partial charge in [-0.15, -0.1) is 10.2 Å². The number of nitrogens with zero attached hydrogens (tertiary/aromatic N) is 3. The average molecular weight is 383 g/mol. The molecule has 6 nitrogen and oxygen atoms in total. The van der Waals surface area contributed by atoms with Crippen LogP contribution in [0.5, 0.6) is 5.75 Å². The molecule has 3 aromatic rings. The summed E-state index contributed by atoms with van der Waals surface area (Å²) in [6.45, 7) is 3.36. The van der Waals surface area contributed by atoms with Crippen molar-refractivity contribution in [3.8, 4) is 17.2 Å². The molecule has 3 heterocycles. The molecule has 140 valence electrons. The lowest BCUT2D eigenvalue weighted by Crippen LogP contribution is -2.41. The highest BCUT2D eigenvalue weighted by molar-refractivity contribution is 7.08. The Bertz CT molecular complexity index is 907. The van der Waals surface area contributed by atoms with Crippen molar-refractivity contribution in [1.29, 1.82) is 0 Å². The van der Waals surface area contributed by atoms with Crippen LogP contribution in [0.3, 0.4) is 0 Å². The van der Waals surface area contributed by atoms with Crippen LogP contribution in [0.25, 0.3) is 11.5 Å². The van der Waals surface area contributed by atoms with Crippen molar-refractivity contribution >= 4 is 17.2 Å². The zero-order valence-corrected chi connectivity index (χ0v) is 15.9. The molecule has 0 bridgehead atoms. The third-order valence-corrected chi connectivity index (χ3v) is 5.37. The quantitative estimate of drug-likeness (QED) is 0.669. The third-order valence-electron chi connectivity index (χ3n) is 4.68. The van der Waals surface area contributed by atoms with Crippen LogP contribution in [-0.2, 0) is 4.79 Å². The Balaban J connectivity index is 1.37. The predicted molar refractivity (Wildman–Crippen MR) is 103 cm³/mol. The van der Waals surface area contributed by atoms with Gasteiger partial charge in [0, 0.05) is 24.0 Å². The maximum absolute atomic E-state index is 12.6. The number of rotatable bonds is 5. The molecular formula is C20H21N3O3S. The lowest BCUT2D eigenvalue weighted by Gasteiger charge is -2.31. The Morgan fingerprint density at radius 2 is 2.30 bits per heavy atom. The van der Waals surface area contributed by atoms with Crippen LogP contribution in [0.2, 0.25) is 0 Å². The van der Waals surface area contributed by atoms with Crippen LogP contribution >= 0.6 is 11.3 Å². The molecule has 1 atom stereocenters. The molecule has 1 amide bonds. The third kappa shape index (κ3) is 4.19. The SMILES string of the molecule is Cc1cccc(OCC(=O)N2CCCC(c3nnc(-c4ccsc4)o3)C2)c1. The summed E-state index contributed by atoms with van der Waals surface area (Å²) in [6, 6.07) is 9.67. The van der Waals surface area contributed by atoms with Crippen molar-refractivity contribution in [2.45, 2.75) is 25.7 Å². The fourth-order valence-electron chi connectivity index (χ4n) is 3.25. The van der Waals surface area contributed by atoms with E-state index in [1.807, 2.05) is 52.9 Å². The number of aromatic nitrogens is 2. The van der Waals surface area contributed by atoms with Gasteiger partial charge in [-0.1, -0.05) is 12.1 Å². The first-order chi connectivity index (χ1) is 13.2. The Hall–Kier alpha value is -2.67. The minimum atomic E-state index is -0.0150. The number of hydrogen-bond donors (Lipinski definition) is 0. The van der Waals surface area contributed by atoms with Crippen LogP contribution < -0.4 is 4.74 Å². The smallest absolute Gasteiger partial charge is 0.260 e. The number of thiophene rings is 1. The van der Waals surface area contributed by atoms with Gasteiger partial charge in [-0.05, 0) is 48.9 Å². The standard InChI is InChI=1S/C20H21N3O3S/c1-14-4-2-6-17(10-14)25-12-18(24)23-8-3-5-15(11-23)19-21-22-20(26-19)16-7-9-27-13-16/h2,4,6-7,9-10,13,15H,3,5,8,11-12H2,1H3. The Morgan fingerprint density at radius 1 is 1.37 bits per heavy atom. The number of likely N-dealkylation sites (tertiary alicyclic amines) is 1. The van der Waals surface area contributed by atoms with Crippen molar-refractivity contribution < 1.29 is 13.9 Å². The van der Waals surface area contributed by atoms with Crippen LogP contribution in [0.1, 0.15) is 30.2 Å². The number of amides is 1. The van der Waals surface area contributed by atoms with E-state index in [1.165, 1.54) is 0 Å². The number of hydrogen-bond acceptors (Lipinski definition) is 6. The number of carbonyl (C=O) groups excluding carboxylic acids is 1. The molecule has 1 saturated heterocycles. The Morgan fingerprint density at radius 3 is 3.11 bits per heavy atom. The van der Waals surface area contributed by atoms with Gasteiger partial charge in [-0.3, -0.25) is 4.79 Å². The molecule has 1 aliphatic rings. The van der Waals surface area contributed by atoms with E-state index in [0.717, 1.165) is 30.5 Å². The van der Waals surface area contributed by atoms with Crippen LogP contribution in [0.4, 0.5) is 0 Å². The number of ether oxygens (including phenoxy) is 1. The molecule has 1 fully saturated rings. The first kappa shape index (κ1) is 17.7. The summed E-state index contributed by atoms with van der Waals surface area (Å²) in [5.74, 6) is 1.92. The summed E-state index contributed by atoms with van der Waals surface area (Å²) in [5.41, 5.74) is 2.05. The predicted octanol–water partition coefficient (Wildman–Crippen LogP) is 3.89. The molecule has 0 saturated carbocycles. The first-order valence-corrected chi connectivity index (χ1v) is 9.96. The van der Waals surface area contributed by atoms with E-state index in [-0.39, 0.29) is 18.4 Å². The number of carbonyl (C=O) groups is 1. The molecule has 1 unspecified atom stereocenters. The lowest BCUT2D eigenvalue weighted by atomic mass is 9.98. The maximum Gasteiger partial charge on any atom is 0.260 e. The van der Waals surface area contributed by atoms with Gasteiger partial charge in [0.2, 0.25) is 11.8 Å². The summed E-state index contributed by atoms with van der Waals surface area (Å²) in [6.07, 6.45) is 1.85. The van der Waals surface area contributed by atoms with Gasteiger partial charge in [0.05, 0.1) is 5.92 Å². The van der Waals surface area contributed by atoms with E-state index in [9.17, 15) is 4.79 Å². The molecule has 4 rings (SSSR count). The minimum Gasteiger partial charge on any atom is -0.484 e. The van der Waals surface area contributed by atoms with Crippen LogP contribution in [-0.4, -0.2) is 40.7 Å². The fraction of sp³-hybridized carbons (Fsp3) is 0.350. The fourth-order valence-corrected chi connectivity index (χ4v) is 3.88. The first-order valence-electron chi connectivity index (χ1n) is 9.02. The summed E-state index contributed by atoms with van der Waals surface area (Å²) >= 11 is 1.59. The molecule has 0 aliphatic carbocycles. The largest absolute Gasteiger partial charge is 0.484 e. The van der Waals surface area contributed by atoms with Crippen molar-refractivity contribution in [2.24, 2.45) is 0 Å². The van der Waals surface area contributed by atoms with E-state index in [2.05, 4.69) is 10.2 Å². The second kappa shape index (κ2) is 7.92. The molecule has 7 heteroatoms. The van der Waals surface area contributed by atoms with Crippen molar-refractivity contribution in [2.75, 3.05) is 19.7 Å². The van der Waals surface area contributed by atoms with Crippen LogP contribution in [0.15, 0.2) is 45.5 Å². The van der Waals surface area contributed by atoms with Crippen molar-refractivity contribution in [3.05, 3.63) is 52.5 Å². The number of benzene rings is 1. The molecule has 2 aromatic heterocycles. The lowest BCUT2D eigenvalue weighted by molar-refractivity contribution is -0.134. The zero-order chi connectivity index (χ0) is 18.6. The van der Waals surface area contributed by atoms with Crippen LogP contribution in [0, 0.1) is 6.92 Å². The van der Waals surface area contributed by atoms with Gasteiger partial charge in [-0.2, -0.15) is 11.3 Å². The van der Waals surface area contributed by atoms with Gasteiger partial charge in [0.15, 0.2) is 6.61 Å². The highest BCUT2D eigenvalue weighted by Crippen LogP contribution is 2.29. The van der Waals surface area contributed by atoms with Gasteiger partial charge in [0.1, 0.15) is 5.75 Å². The number of piperidine rings is 1. The van der Waals surface area contributed by atoms with Gasteiger partial charge in [0.25, 0.3) is 5.91 Å². The summed E-state index contributed by atoms with van der Waals surface area (Å²) < 4.78 is 11.5. The summed E-state index contributed by atoms with van der Waals surface area (Å²) in [7, 11) is 0. The van der Waals surface area contributed by atoms with E-state index in [1.54, 1.807) is 11.3 Å². The van der Waals surface area contributed by atoms with E-state index >= 15 is 0 Å². The Kier molecular flexibility index (Phi) is 5.20. The maximum atomic E-state index is 12.6. The highest BCUT2D eigenvalue weighted by atomic mass is 32.1. The molecule has 27 heavy (non-hydrogen) atoms. The van der Waals surface area contributed by atoms with E-state index < -0.39 is 0 Å². The van der Waals surface area contributed by atoms with Gasteiger partial charge in [-0.25, -0.2) is 0 Å². The second-order valence-corrected chi connectivity index (χ2v) is 7.52. The molecule has 1 aliphatic heterocycles. The van der Waals surface area contributed by atoms with Crippen molar-refractivity contribution in [1.82, 2.24) is 15.1 Å². The monoisotopic (exact) mass is 383 g/mol. The molecular weight excluding hydrogens is 362 g/mol. The summed E-state index contributed by atoms with van der Waals surface area (Å²) in [5, 5.41) is 12.3. The molecule has 0 radical (unpaired) electrons. The molecule has 0 N–H and O–H groups in total. The van der Waals surface area contributed by atoms with E-state index in [0.29, 0.717) is 24.1 Å². The van der Waals surface area contributed by atoms with E-state index in [4.69, 9.17) is 9.15 Å². The average Bonchev–Trinajstić information content (AvgIpc) is 3.38. The second-order valence-electron chi connectivity index (χ2n) is 6.74. The van der Waals surface area contributed by atoms with Crippen molar-refractivity contribution in [3.63, 3.8) is 0 Å². The topological polar surface area (TPSA) is 68.5 Å². The molecule has 0 spiro atoms. The summed E-state index contributed by atoms with van der Waals surface area (Å²) in [4.78, 5) is 14.4. The highest BCUT2D eigenvalue weighted by Gasteiger charge is 2.28. The normalized spacial score (nSPS) is 17.1. The molecule has 1 aromatic carbocycles.